The van der Waals surface area contributed by atoms with E-state index in [-0.39, 0.29) is 11.9 Å². The largest absolute Gasteiger partial charge is 0.342 e. The number of rotatable bonds is 4. The van der Waals surface area contributed by atoms with Gasteiger partial charge in [0.2, 0.25) is 5.91 Å². The van der Waals surface area contributed by atoms with Gasteiger partial charge in [0.05, 0.1) is 6.54 Å². The normalized spacial score (nSPS) is 17.1. The number of nitrogens with one attached hydrogen (secondary N) is 1. The van der Waals surface area contributed by atoms with Gasteiger partial charge in [-0.25, -0.2) is 0 Å². The average Bonchev–Trinajstić information content (AvgIpc) is 2.97. The lowest BCUT2D eigenvalue weighted by Gasteiger charge is -2.27. The third kappa shape index (κ3) is 3.44. The van der Waals surface area contributed by atoms with Crippen molar-refractivity contribution in [1.29, 1.82) is 0 Å². The summed E-state index contributed by atoms with van der Waals surface area (Å²) in [5.41, 5.74) is 0. The molecule has 3 nitrogen and oxygen atoms in total. The molecular weight excluding hydrogens is 280 g/mol. The Bertz CT molecular complexity index is 583. The van der Waals surface area contributed by atoms with Gasteiger partial charge < -0.3 is 10.2 Å². The number of thiophene rings is 1. The molecule has 0 spiro atoms. The van der Waals surface area contributed by atoms with Crippen LogP contribution in [0.5, 0.6) is 0 Å². The number of nitrogens with zero attached hydrogens (tertiary/aromatic N) is 1. The first-order valence-electron chi connectivity index (χ1n) is 7.73. The molecule has 0 bridgehead atoms. The maximum absolute atomic E-state index is 12.2. The minimum atomic E-state index is 0.219. The van der Waals surface area contributed by atoms with Gasteiger partial charge in [-0.3, -0.25) is 4.79 Å². The van der Waals surface area contributed by atoms with Crippen molar-refractivity contribution in [3.05, 3.63) is 35.2 Å². The number of carbonyl (C=O) groups excluding carboxylic acids is 1. The molecule has 4 heteroatoms. The highest BCUT2D eigenvalue weighted by molar-refractivity contribution is 7.19. The summed E-state index contributed by atoms with van der Waals surface area (Å²) in [4.78, 5) is 15.5. The number of hydrogen-bond donors (Lipinski definition) is 1. The van der Waals surface area contributed by atoms with Crippen molar-refractivity contribution in [1.82, 2.24) is 10.2 Å². The zero-order valence-corrected chi connectivity index (χ0v) is 13.3. The van der Waals surface area contributed by atoms with Gasteiger partial charge in [-0.05, 0) is 43.7 Å². The lowest BCUT2D eigenvalue weighted by atomic mass is 10.1. The van der Waals surface area contributed by atoms with Crippen LogP contribution in [0.1, 0.15) is 37.1 Å². The Kier molecular flexibility index (Phi) is 4.56. The molecule has 1 aliphatic heterocycles. The molecular formula is C17H22N2OS. The molecule has 2 aromatic rings. The molecule has 1 fully saturated rings. The molecule has 0 saturated carbocycles. The van der Waals surface area contributed by atoms with Gasteiger partial charge in [-0.1, -0.05) is 18.2 Å². The summed E-state index contributed by atoms with van der Waals surface area (Å²) >= 11 is 1.81. The summed E-state index contributed by atoms with van der Waals surface area (Å²) in [5, 5.41) is 4.66. The fourth-order valence-electron chi connectivity index (χ4n) is 2.81. The molecule has 1 atom stereocenters. The number of piperidine rings is 1. The second kappa shape index (κ2) is 6.58. The molecule has 1 amide bonds. The van der Waals surface area contributed by atoms with Crippen LogP contribution in [0.25, 0.3) is 10.1 Å². The number of likely N-dealkylation sites (tertiary alicyclic amines) is 1. The van der Waals surface area contributed by atoms with Crippen molar-refractivity contribution in [2.45, 2.75) is 32.2 Å². The molecule has 1 N–H and O–H groups in total. The van der Waals surface area contributed by atoms with Crippen molar-refractivity contribution in [3.63, 3.8) is 0 Å². The number of hydrogen-bond acceptors (Lipinski definition) is 3. The van der Waals surface area contributed by atoms with E-state index in [9.17, 15) is 4.79 Å². The molecule has 1 aromatic carbocycles. The quantitative estimate of drug-likeness (QED) is 0.936. The zero-order chi connectivity index (χ0) is 14.7. The predicted octanol–water partition coefficient (Wildman–Crippen LogP) is 3.56. The summed E-state index contributed by atoms with van der Waals surface area (Å²) in [6.45, 7) is 4.43. The van der Waals surface area contributed by atoms with Gasteiger partial charge in [0, 0.05) is 28.7 Å². The highest BCUT2D eigenvalue weighted by Gasteiger charge is 2.17. The molecule has 3 rings (SSSR count). The fraction of sp³-hybridized carbons (Fsp3) is 0.471. The molecule has 2 heterocycles. The van der Waals surface area contributed by atoms with Gasteiger partial charge in [-0.2, -0.15) is 0 Å². The first kappa shape index (κ1) is 14.5. The smallest absolute Gasteiger partial charge is 0.236 e. The van der Waals surface area contributed by atoms with E-state index >= 15 is 0 Å². The first-order valence-corrected chi connectivity index (χ1v) is 8.55. The van der Waals surface area contributed by atoms with Gasteiger partial charge in [0.1, 0.15) is 0 Å². The summed E-state index contributed by atoms with van der Waals surface area (Å²) in [5.74, 6) is 0.239. The van der Waals surface area contributed by atoms with Gasteiger partial charge in [0.15, 0.2) is 0 Å². The maximum atomic E-state index is 12.2. The van der Waals surface area contributed by atoms with E-state index in [1.165, 1.54) is 21.4 Å². The van der Waals surface area contributed by atoms with Crippen molar-refractivity contribution in [3.8, 4) is 0 Å². The summed E-state index contributed by atoms with van der Waals surface area (Å²) in [6, 6.07) is 10.9. The van der Waals surface area contributed by atoms with E-state index in [0.29, 0.717) is 6.54 Å². The number of fused-ring (bicyclic) bond motifs is 1. The summed E-state index contributed by atoms with van der Waals surface area (Å²) in [6.07, 6.45) is 3.56. The van der Waals surface area contributed by atoms with Crippen LogP contribution < -0.4 is 5.32 Å². The molecule has 0 radical (unpaired) electrons. The Hall–Kier alpha value is -1.39. The summed E-state index contributed by atoms with van der Waals surface area (Å²) < 4.78 is 1.31. The Balaban J connectivity index is 1.58. The van der Waals surface area contributed by atoms with E-state index in [4.69, 9.17) is 0 Å². The third-order valence-electron chi connectivity index (χ3n) is 4.14. The van der Waals surface area contributed by atoms with Crippen molar-refractivity contribution in [2.24, 2.45) is 0 Å². The zero-order valence-electron chi connectivity index (χ0n) is 12.5. The van der Waals surface area contributed by atoms with E-state index in [0.717, 1.165) is 25.9 Å². The Morgan fingerprint density at radius 1 is 1.29 bits per heavy atom. The minimum Gasteiger partial charge on any atom is -0.342 e. The second-order valence-electron chi connectivity index (χ2n) is 5.73. The van der Waals surface area contributed by atoms with Crippen molar-refractivity contribution < 1.29 is 4.79 Å². The highest BCUT2D eigenvalue weighted by atomic mass is 32.1. The second-order valence-corrected chi connectivity index (χ2v) is 6.85. The monoisotopic (exact) mass is 302 g/mol. The lowest BCUT2D eigenvalue weighted by Crippen LogP contribution is -2.41. The minimum absolute atomic E-state index is 0.219. The molecule has 21 heavy (non-hydrogen) atoms. The van der Waals surface area contributed by atoms with Gasteiger partial charge in [-0.15, -0.1) is 11.3 Å². The molecule has 1 unspecified atom stereocenters. The van der Waals surface area contributed by atoms with Crippen LogP contribution in [-0.4, -0.2) is 30.4 Å². The average molecular weight is 302 g/mol. The third-order valence-corrected chi connectivity index (χ3v) is 5.44. The summed E-state index contributed by atoms with van der Waals surface area (Å²) in [7, 11) is 0. The van der Waals surface area contributed by atoms with Crippen LogP contribution in [0.4, 0.5) is 0 Å². The SMILES string of the molecule is CC(NCC(=O)N1CCCCC1)c1cc2ccccc2s1. The van der Waals surface area contributed by atoms with E-state index < -0.39 is 0 Å². The topological polar surface area (TPSA) is 32.3 Å². The van der Waals surface area contributed by atoms with Crippen LogP contribution in [-0.2, 0) is 4.79 Å². The Morgan fingerprint density at radius 2 is 2.05 bits per heavy atom. The standard InChI is InChI=1S/C17H22N2OS/c1-13(16-11-14-7-3-4-8-15(14)21-16)18-12-17(20)19-9-5-2-6-10-19/h3-4,7-8,11,13,18H,2,5-6,9-10,12H2,1H3. The maximum Gasteiger partial charge on any atom is 0.236 e. The Labute approximate surface area is 130 Å². The molecule has 1 aliphatic rings. The first-order chi connectivity index (χ1) is 10.2. The molecule has 112 valence electrons. The number of amides is 1. The van der Waals surface area contributed by atoms with Crippen LogP contribution >= 0.6 is 11.3 Å². The van der Waals surface area contributed by atoms with Gasteiger partial charge in [0.25, 0.3) is 0 Å². The fourth-order valence-corrected chi connectivity index (χ4v) is 3.90. The van der Waals surface area contributed by atoms with Crippen LogP contribution in [0.2, 0.25) is 0 Å². The lowest BCUT2D eigenvalue weighted by molar-refractivity contribution is -0.131. The Morgan fingerprint density at radius 3 is 2.81 bits per heavy atom. The van der Waals surface area contributed by atoms with Crippen LogP contribution in [0, 0.1) is 0 Å². The van der Waals surface area contributed by atoms with E-state index in [1.54, 1.807) is 11.3 Å². The van der Waals surface area contributed by atoms with Gasteiger partial charge >= 0.3 is 0 Å². The van der Waals surface area contributed by atoms with E-state index in [1.807, 2.05) is 4.90 Å². The van der Waals surface area contributed by atoms with Crippen LogP contribution in [0.3, 0.4) is 0 Å². The molecule has 1 saturated heterocycles. The molecule has 0 aliphatic carbocycles. The number of benzene rings is 1. The van der Waals surface area contributed by atoms with Crippen LogP contribution in [0.15, 0.2) is 30.3 Å². The van der Waals surface area contributed by atoms with E-state index in [2.05, 4.69) is 42.6 Å². The number of carbonyl (C=O) groups is 1. The van der Waals surface area contributed by atoms with Crippen molar-refractivity contribution >= 4 is 27.3 Å². The highest BCUT2D eigenvalue weighted by Crippen LogP contribution is 2.29. The molecule has 1 aromatic heterocycles. The van der Waals surface area contributed by atoms with Crippen molar-refractivity contribution in [2.75, 3.05) is 19.6 Å². The predicted molar refractivity (Wildman–Crippen MR) is 88.7 cm³/mol.